The normalized spacial score (nSPS) is 9.18. The van der Waals surface area contributed by atoms with Crippen LogP contribution < -0.4 is 0 Å². The van der Waals surface area contributed by atoms with Crippen LogP contribution in [0.5, 0.6) is 0 Å². The van der Waals surface area contributed by atoms with Gasteiger partial charge in [0.1, 0.15) is 0 Å². The Morgan fingerprint density at radius 3 is 2.06 bits per heavy atom. The topological polar surface area (TPSA) is 0 Å². The van der Waals surface area contributed by atoms with Crippen molar-refractivity contribution < 1.29 is 0 Å². The number of fused-ring (bicyclic) bond motifs is 1. The second-order valence-electron chi connectivity index (χ2n) is 3.63. The Morgan fingerprint density at radius 1 is 0.824 bits per heavy atom. The van der Waals surface area contributed by atoms with Crippen LogP contribution in [-0.2, 0) is 12.8 Å². The van der Waals surface area contributed by atoms with E-state index in [9.17, 15) is 0 Å². The molecule has 0 nitrogen and oxygen atoms in total. The monoisotopic (exact) mass is 230 g/mol. The van der Waals surface area contributed by atoms with Crippen LogP contribution in [0.2, 0.25) is 0 Å². The summed E-state index contributed by atoms with van der Waals surface area (Å²) in [7, 11) is 0. The molecular formula is C17H26. The Morgan fingerprint density at radius 2 is 1.47 bits per heavy atom. The van der Waals surface area contributed by atoms with Gasteiger partial charge in [-0.2, -0.15) is 0 Å². The molecule has 17 heavy (non-hydrogen) atoms. The van der Waals surface area contributed by atoms with Crippen LogP contribution in [0.4, 0.5) is 0 Å². The van der Waals surface area contributed by atoms with Crippen molar-refractivity contribution in [3.8, 4) is 0 Å². The van der Waals surface area contributed by atoms with Crippen LogP contribution >= 0.6 is 0 Å². The molecule has 2 aromatic rings. The molecule has 0 saturated carbocycles. The summed E-state index contributed by atoms with van der Waals surface area (Å²) in [5.74, 6) is 0. The molecule has 0 atom stereocenters. The Hall–Kier alpha value is -1.30. The number of hydrogen-bond donors (Lipinski definition) is 0. The maximum atomic E-state index is 2.27. The average molecular weight is 230 g/mol. The number of rotatable bonds is 2. The standard InChI is InChI=1S/C14H16.C2H6.CH4/c1-3-11-9-10-12-7-5-6-8-14(12)13(11)4-2;1-2;/h5-10H,3-4H2,1-2H3;1-2H3;1H4. The highest BCUT2D eigenvalue weighted by atomic mass is 14.1. The lowest BCUT2D eigenvalue weighted by molar-refractivity contribution is 1.05. The third kappa shape index (κ3) is 3.33. The molecule has 0 radical (unpaired) electrons. The molecule has 0 aliphatic heterocycles. The Bertz CT molecular complexity index is 441. The van der Waals surface area contributed by atoms with Crippen LogP contribution in [0.1, 0.15) is 46.2 Å². The molecule has 0 aliphatic carbocycles. The molecule has 0 heterocycles. The molecular weight excluding hydrogens is 204 g/mol. The molecule has 0 bridgehead atoms. The van der Waals surface area contributed by atoms with E-state index in [0.29, 0.717) is 0 Å². The van der Waals surface area contributed by atoms with Crippen LogP contribution in [-0.4, -0.2) is 0 Å². The van der Waals surface area contributed by atoms with Crippen molar-refractivity contribution in [3.05, 3.63) is 47.5 Å². The van der Waals surface area contributed by atoms with Crippen molar-refractivity contribution in [1.29, 1.82) is 0 Å². The van der Waals surface area contributed by atoms with Gasteiger partial charge in [0.2, 0.25) is 0 Å². The van der Waals surface area contributed by atoms with Crippen LogP contribution in [0.25, 0.3) is 10.8 Å². The molecule has 0 spiro atoms. The summed E-state index contributed by atoms with van der Waals surface area (Å²) in [6.45, 7) is 8.46. The van der Waals surface area contributed by atoms with E-state index in [4.69, 9.17) is 0 Å². The lowest BCUT2D eigenvalue weighted by Crippen LogP contribution is -1.92. The van der Waals surface area contributed by atoms with Gasteiger partial charge >= 0.3 is 0 Å². The molecule has 0 aliphatic rings. The average Bonchev–Trinajstić information content (AvgIpc) is 2.39. The van der Waals surface area contributed by atoms with Gasteiger partial charge in [0.15, 0.2) is 0 Å². The minimum Gasteiger partial charge on any atom is -0.0776 e. The van der Waals surface area contributed by atoms with E-state index in [-0.39, 0.29) is 7.43 Å². The predicted molar refractivity (Wildman–Crippen MR) is 80.8 cm³/mol. The van der Waals surface area contributed by atoms with Crippen molar-refractivity contribution in [2.24, 2.45) is 0 Å². The van der Waals surface area contributed by atoms with E-state index in [0.717, 1.165) is 12.8 Å². The van der Waals surface area contributed by atoms with E-state index >= 15 is 0 Å². The van der Waals surface area contributed by atoms with Gasteiger partial charge in [-0.1, -0.05) is 71.5 Å². The fraction of sp³-hybridized carbons (Fsp3) is 0.412. The molecule has 0 fully saturated rings. The second-order valence-corrected chi connectivity index (χ2v) is 3.63. The third-order valence-electron chi connectivity index (χ3n) is 2.87. The molecule has 0 heteroatoms. The lowest BCUT2D eigenvalue weighted by atomic mass is 9.96. The van der Waals surface area contributed by atoms with Crippen molar-refractivity contribution in [2.75, 3.05) is 0 Å². The minimum atomic E-state index is 0. The third-order valence-corrected chi connectivity index (χ3v) is 2.87. The van der Waals surface area contributed by atoms with Gasteiger partial charge in [0.05, 0.1) is 0 Å². The highest BCUT2D eigenvalue weighted by molar-refractivity contribution is 5.86. The SMILES string of the molecule is C.CC.CCc1ccc2ccccc2c1CC. The number of benzene rings is 2. The highest BCUT2D eigenvalue weighted by Crippen LogP contribution is 2.23. The zero-order valence-corrected chi connectivity index (χ0v) is 10.9. The van der Waals surface area contributed by atoms with E-state index in [1.54, 1.807) is 0 Å². The summed E-state index contributed by atoms with van der Waals surface area (Å²) < 4.78 is 0. The smallest absolute Gasteiger partial charge is 0.0149 e. The summed E-state index contributed by atoms with van der Waals surface area (Å²) >= 11 is 0. The fourth-order valence-electron chi connectivity index (χ4n) is 2.13. The highest BCUT2D eigenvalue weighted by Gasteiger charge is 2.03. The molecule has 0 N–H and O–H groups in total. The summed E-state index contributed by atoms with van der Waals surface area (Å²) in [6.07, 6.45) is 2.26. The maximum absolute atomic E-state index is 2.27. The molecule has 2 rings (SSSR count). The zero-order valence-electron chi connectivity index (χ0n) is 10.9. The minimum absolute atomic E-state index is 0. The first-order chi connectivity index (χ1) is 7.86. The van der Waals surface area contributed by atoms with Crippen molar-refractivity contribution in [1.82, 2.24) is 0 Å². The first-order valence-corrected chi connectivity index (χ1v) is 6.36. The van der Waals surface area contributed by atoms with Crippen LogP contribution in [0.3, 0.4) is 0 Å². The molecule has 2 aromatic carbocycles. The van der Waals surface area contributed by atoms with Crippen molar-refractivity contribution >= 4 is 10.8 Å². The Labute approximate surface area is 107 Å². The number of hydrogen-bond acceptors (Lipinski definition) is 0. The molecule has 0 aromatic heterocycles. The summed E-state index contributed by atoms with van der Waals surface area (Å²) in [4.78, 5) is 0. The van der Waals surface area contributed by atoms with Crippen molar-refractivity contribution in [2.45, 2.75) is 48.0 Å². The number of aryl methyl sites for hydroxylation is 2. The van der Waals surface area contributed by atoms with Gasteiger partial charge < -0.3 is 0 Å². The summed E-state index contributed by atoms with van der Waals surface area (Å²) in [5, 5.41) is 2.79. The van der Waals surface area contributed by atoms with Gasteiger partial charge in [-0.25, -0.2) is 0 Å². The molecule has 0 saturated heterocycles. The van der Waals surface area contributed by atoms with Gasteiger partial charge in [0.25, 0.3) is 0 Å². The molecule has 0 amide bonds. The zero-order chi connectivity index (χ0) is 12.0. The lowest BCUT2D eigenvalue weighted by Gasteiger charge is -2.09. The van der Waals surface area contributed by atoms with Crippen LogP contribution in [0, 0.1) is 0 Å². The van der Waals surface area contributed by atoms with Crippen molar-refractivity contribution in [3.63, 3.8) is 0 Å². The Kier molecular flexibility index (Phi) is 7.29. The Balaban J connectivity index is 0.000000811. The quantitative estimate of drug-likeness (QED) is 0.627. The predicted octanol–water partition coefficient (Wildman–Crippen LogP) is 5.63. The summed E-state index contributed by atoms with van der Waals surface area (Å²) in [6, 6.07) is 13.1. The maximum Gasteiger partial charge on any atom is -0.0149 e. The van der Waals surface area contributed by atoms with E-state index < -0.39 is 0 Å². The first-order valence-electron chi connectivity index (χ1n) is 6.36. The molecule has 94 valence electrons. The summed E-state index contributed by atoms with van der Waals surface area (Å²) in [5.41, 5.74) is 3.01. The second kappa shape index (κ2) is 7.89. The fourth-order valence-corrected chi connectivity index (χ4v) is 2.13. The van der Waals surface area contributed by atoms with Gasteiger partial charge in [-0.3, -0.25) is 0 Å². The molecule has 0 unspecified atom stereocenters. The van der Waals surface area contributed by atoms with Gasteiger partial charge in [-0.15, -0.1) is 0 Å². The van der Waals surface area contributed by atoms with E-state index in [1.807, 2.05) is 13.8 Å². The van der Waals surface area contributed by atoms with Gasteiger partial charge in [0, 0.05) is 0 Å². The van der Waals surface area contributed by atoms with Gasteiger partial charge in [-0.05, 0) is 34.7 Å². The first kappa shape index (κ1) is 15.7. The largest absolute Gasteiger partial charge is 0.0776 e. The van der Waals surface area contributed by atoms with E-state index in [1.165, 1.54) is 21.9 Å². The van der Waals surface area contributed by atoms with Crippen LogP contribution in [0.15, 0.2) is 36.4 Å². The van der Waals surface area contributed by atoms with E-state index in [2.05, 4.69) is 50.2 Å².